The highest BCUT2D eigenvalue weighted by Gasteiger charge is 2.10. The molecule has 0 radical (unpaired) electrons. The molecule has 0 bridgehead atoms. The number of halogens is 1. The van der Waals surface area contributed by atoms with Gasteiger partial charge in [-0.2, -0.15) is 0 Å². The van der Waals surface area contributed by atoms with Gasteiger partial charge in [-0.25, -0.2) is 0 Å². The van der Waals surface area contributed by atoms with Gasteiger partial charge in [0.2, 0.25) is 0 Å². The largest absolute Gasteiger partial charge is 0.348 e. The number of benzene rings is 1. The molecule has 0 saturated heterocycles. The fourth-order valence-electron chi connectivity index (χ4n) is 2.02. The Morgan fingerprint density at radius 2 is 2.13 bits per heavy atom. The first-order chi connectivity index (χ1) is 7.15. The van der Waals surface area contributed by atoms with Crippen molar-refractivity contribution in [2.24, 2.45) is 7.05 Å². The molecular weight excluding hydrogens is 208 g/mol. The summed E-state index contributed by atoms with van der Waals surface area (Å²) in [4.78, 5) is 0. The molecule has 1 N–H and O–H groups in total. The quantitative estimate of drug-likeness (QED) is 0.827. The van der Waals surface area contributed by atoms with Gasteiger partial charge in [0.05, 0.1) is 0 Å². The van der Waals surface area contributed by atoms with Crippen LogP contribution in [0.2, 0.25) is 5.02 Å². The first-order valence-electron chi connectivity index (χ1n) is 5.03. The Hall–Kier alpha value is -0.990. The van der Waals surface area contributed by atoms with Gasteiger partial charge < -0.3 is 9.88 Å². The van der Waals surface area contributed by atoms with Crippen molar-refractivity contribution in [1.82, 2.24) is 9.88 Å². The number of rotatable bonds is 2. The van der Waals surface area contributed by atoms with Crippen LogP contribution < -0.4 is 5.32 Å². The molecule has 1 aromatic carbocycles. The molecule has 0 saturated carbocycles. The molecule has 0 amide bonds. The molecule has 0 fully saturated rings. The van der Waals surface area contributed by atoms with Crippen LogP contribution in [0.4, 0.5) is 0 Å². The van der Waals surface area contributed by atoms with Crippen LogP contribution in [0.15, 0.2) is 18.2 Å². The lowest BCUT2D eigenvalue weighted by molar-refractivity contribution is 0.801. The van der Waals surface area contributed by atoms with Crippen LogP contribution >= 0.6 is 11.6 Å². The van der Waals surface area contributed by atoms with Gasteiger partial charge in [-0.1, -0.05) is 11.6 Å². The number of aromatic nitrogens is 1. The molecule has 0 atom stereocenters. The molecule has 3 heteroatoms. The molecule has 2 aromatic rings. The Labute approximate surface area is 94.8 Å². The molecule has 0 aliphatic carbocycles. The fraction of sp³-hybridized carbons (Fsp3) is 0.333. The van der Waals surface area contributed by atoms with Crippen molar-refractivity contribution in [3.63, 3.8) is 0 Å². The van der Waals surface area contributed by atoms with E-state index in [9.17, 15) is 0 Å². The van der Waals surface area contributed by atoms with Crippen molar-refractivity contribution in [1.29, 1.82) is 0 Å². The summed E-state index contributed by atoms with van der Waals surface area (Å²) in [5.74, 6) is 0. The molecule has 2 rings (SSSR count). The third-order valence-corrected chi connectivity index (χ3v) is 3.17. The number of nitrogens with one attached hydrogen (secondary N) is 1. The van der Waals surface area contributed by atoms with Crippen molar-refractivity contribution in [2.75, 3.05) is 7.05 Å². The van der Waals surface area contributed by atoms with E-state index >= 15 is 0 Å². The minimum absolute atomic E-state index is 0.797. The van der Waals surface area contributed by atoms with Crippen molar-refractivity contribution in [2.45, 2.75) is 13.5 Å². The molecular formula is C12H15ClN2. The minimum Gasteiger partial charge on any atom is -0.348 e. The van der Waals surface area contributed by atoms with E-state index < -0.39 is 0 Å². The Balaban J connectivity index is 2.76. The maximum absolute atomic E-state index is 6.02. The second-order valence-electron chi connectivity index (χ2n) is 3.81. The summed E-state index contributed by atoms with van der Waals surface area (Å²) in [7, 11) is 4.05. The Kier molecular flexibility index (Phi) is 2.72. The number of hydrogen-bond donors (Lipinski definition) is 1. The van der Waals surface area contributed by atoms with Gasteiger partial charge in [0.25, 0.3) is 0 Å². The zero-order valence-electron chi connectivity index (χ0n) is 9.26. The van der Waals surface area contributed by atoms with Crippen molar-refractivity contribution in [3.05, 3.63) is 34.5 Å². The zero-order chi connectivity index (χ0) is 11.0. The van der Waals surface area contributed by atoms with E-state index in [1.165, 1.54) is 22.2 Å². The average Bonchev–Trinajstić information content (AvgIpc) is 2.44. The Bertz CT molecular complexity index is 500. The summed E-state index contributed by atoms with van der Waals surface area (Å²) in [5, 5.41) is 5.24. The van der Waals surface area contributed by atoms with Gasteiger partial charge in [0.15, 0.2) is 0 Å². The van der Waals surface area contributed by atoms with Gasteiger partial charge in [-0.05, 0) is 37.7 Å². The Morgan fingerprint density at radius 1 is 1.40 bits per heavy atom. The second kappa shape index (κ2) is 3.87. The summed E-state index contributed by atoms with van der Waals surface area (Å²) >= 11 is 6.02. The third-order valence-electron chi connectivity index (χ3n) is 2.94. The highest BCUT2D eigenvalue weighted by Crippen LogP contribution is 2.27. The highest BCUT2D eigenvalue weighted by molar-refractivity contribution is 6.31. The van der Waals surface area contributed by atoms with Crippen LogP contribution in [0.1, 0.15) is 11.3 Å². The zero-order valence-corrected chi connectivity index (χ0v) is 10.0. The number of nitrogens with zero attached hydrogens (tertiary/aromatic N) is 1. The lowest BCUT2D eigenvalue weighted by atomic mass is 10.1. The van der Waals surface area contributed by atoms with Crippen LogP contribution in [0.3, 0.4) is 0 Å². The lowest BCUT2D eigenvalue weighted by Gasteiger charge is -2.00. The van der Waals surface area contributed by atoms with Gasteiger partial charge in [-0.3, -0.25) is 0 Å². The summed E-state index contributed by atoms with van der Waals surface area (Å²) in [5.41, 5.74) is 3.86. The summed E-state index contributed by atoms with van der Waals surface area (Å²) < 4.78 is 2.21. The predicted octanol–water partition coefficient (Wildman–Crippen LogP) is 2.86. The van der Waals surface area contributed by atoms with Gasteiger partial charge in [0.1, 0.15) is 0 Å². The molecule has 80 valence electrons. The minimum atomic E-state index is 0.797. The summed E-state index contributed by atoms with van der Waals surface area (Å²) in [6.07, 6.45) is 0. The second-order valence-corrected chi connectivity index (χ2v) is 4.25. The van der Waals surface area contributed by atoms with E-state index in [4.69, 9.17) is 11.6 Å². The molecule has 0 unspecified atom stereocenters. The van der Waals surface area contributed by atoms with E-state index in [1.54, 1.807) is 0 Å². The van der Waals surface area contributed by atoms with E-state index in [-0.39, 0.29) is 0 Å². The first kappa shape index (κ1) is 10.5. The summed E-state index contributed by atoms with van der Waals surface area (Å²) in [6, 6.07) is 6.05. The number of hydrogen-bond acceptors (Lipinski definition) is 1. The van der Waals surface area contributed by atoms with Crippen LogP contribution in [0.25, 0.3) is 10.9 Å². The Morgan fingerprint density at radius 3 is 2.80 bits per heavy atom. The van der Waals surface area contributed by atoms with Gasteiger partial charge in [0, 0.05) is 35.2 Å². The maximum Gasteiger partial charge on any atom is 0.0484 e. The molecule has 1 aromatic heterocycles. The maximum atomic E-state index is 6.02. The molecule has 15 heavy (non-hydrogen) atoms. The smallest absolute Gasteiger partial charge is 0.0484 e. The summed E-state index contributed by atoms with van der Waals surface area (Å²) in [6.45, 7) is 3.02. The standard InChI is InChI=1S/C12H15ClN2/c1-8-11(7-14-2)10-6-9(13)4-5-12(10)15(8)3/h4-6,14H,7H2,1-3H3. The first-order valence-corrected chi connectivity index (χ1v) is 5.41. The number of fused-ring (bicyclic) bond motifs is 1. The van der Waals surface area contributed by atoms with Crippen molar-refractivity contribution < 1.29 is 0 Å². The van der Waals surface area contributed by atoms with Crippen molar-refractivity contribution in [3.8, 4) is 0 Å². The van der Waals surface area contributed by atoms with E-state index in [0.29, 0.717) is 0 Å². The van der Waals surface area contributed by atoms with E-state index in [0.717, 1.165) is 11.6 Å². The number of aryl methyl sites for hydroxylation is 1. The van der Waals surface area contributed by atoms with Gasteiger partial charge >= 0.3 is 0 Å². The molecule has 1 heterocycles. The van der Waals surface area contributed by atoms with Crippen LogP contribution in [0.5, 0.6) is 0 Å². The lowest BCUT2D eigenvalue weighted by Crippen LogP contribution is -2.06. The van der Waals surface area contributed by atoms with E-state index in [1.807, 2.05) is 19.2 Å². The molecule has 0 aliphatic heterocycles. The molecule has 0 aliphatic rings. The topological polar surface area (TPSA) is 17.0 Å². The van der Waals surface area contributed by atoms with E-state index in [2.05, 4.69) is 29.9 Å². The monoisotopic (exact) mass is 222 g/mol. The molecule has 0 spiro atoms. The van der Waals surface area contributed by atoms with Crippen LogP contribution in [0, 0.1) is 6.92 Å². The predicted molar refractivity (Wildman–Crippen MR) is 65.4 cm³/mol. The SMILES string of the molecule is CNCc1c(C)n(C)c2ccc(Cl)cc12. The highest BCUT2D eigenvalue weighted by atomic mass is 35.5. The van der Waals surface area contributed by atoms with Gasteiger partial charge in [-0.15, -0.1) is 0 Å². The van der Waals surface area contributed by atoms with Crippen LogP contribution in [-0.4, -0.2) is 11.6 Å². The van der Waals surface area contributed by atoms with Crippen molar-refractivity contribution >= 4 is 22.5 Å². The fourth-order valence-corrected chi connectivity index (χ4v) is 2.19. The average molecular weight is 223 g/mol. The normalized spacial score (nSPS) is 11.2. The third kappa shape index (κ3) is 1.64. The molecule has 2 nitrogen and oxygen atoms in total. The van der Waals surface area contributed by atoms with Crippen LogP contribution in [-0.2, 0) is 13.6 Å².